The van der Waals surface area contributed by atoms with E-state index in [2.05, 4.69) is 42.4 Å². The molecule has 3 saturated heterocycles. The Morgan fingerprint density at radius 2 is 1.46 bits per heavy atom. The molecule has 3 aliphatic heterocycles. The summed E-state index contributed by atoms with van der Waals surface area (Å²) in [6.07, 6.45) is 5.19. The fraction of sp³-hybridized carbons (Fsp3) is 1.00. The predicted molar refractivity (Wildman–Crippen MR) is 100 cm³/mol. The Balaban J connectivity index is 1.46. The van der Waals surface area contributed by atoms with Crippen LogP contribution in [0, 0.1) is 5.92 Å². The first kappa shape index (κ1) is 18.6. The van der Waals surface area contributed by atoms with Crippen LogP contribution in [0.25, 0.3) is 0 Å². The zero-order chi connectivity index (χ0) is 17.2. The van der Waals surface area contributed by atoms with Crippen molar-refractivity contribution in [3.63, 3.8) is 0 Å². The molecule has 4 nitrogen and oxygen atoms in total. The highest BCUT2D eigenvalue weighted by atomic mass is 16.5. The van der Waals surface area contributed by atoms with Crippen molar-refractivity contribution in [2.45, 2.75) is 71.1 Å². The lowest BCUT2D eigenvalue weighted by molar-refractivity contribution is -0.140. The standard InChI is InChI=1S/C20H39N3O/c1-17(2)22-9-5-19(6-10-22)15-21-13-14-24-20(16-21)7-11-23(12-8-20)18(3)4/h17-19H,5-16H2,1-4H3. The molecule has 24 heavy (non-hydrogen) atoms. The molecule has 4 heteroatoms. The molecule has 0 aromatic carbocycles. The molecule has 0 aromatic rings. The van der Waals surface area contributed by atoms with E-state index in [9.17, 15) is 0 Å². The molecule has 0 aromatic heterocycles. The van der Waals surface area contributed by atoms with Crippen molar-refractivity contribution in [2.24, 2.45) is 5.92 Å². The fourth-order valence-corrected chi connectivity index (χ4v) is 4.85. The van der Waals surface area contributed by atoms with Gasteiger partial charge in [0.15, 0.2) is 0 Å². The third kappa shape index (κ3) is 4.51. The molecule has 3 fully saturated rings. The van der Waals surface area contributed by atoms with Crippen molar-refractivity contribution in [2.75, 3.05) is 52.4 Å². The van der Waals surface area contributed by atoms with E-state index in [0.717, 1.165) is 19.1 Å². The highest BCUT2D eigenvalue weighted by Crippen LogP contribution is 2.32. The van der Waals surface area contributed by atoms with Crippen LogP contribution in [-0.2, 0) is 4.74 Å². The van der Waals surface area contributed by atoms with Gasteiger partial charge in [-0.05, 0) is 72.4 Å². The first-order valence-electron chi connectivity index (χ1n) is 10.3. The Kier molecular flexibility index (Phi) is 6.23. The van der Waals surface area contributed by atoms with E-state index in [1.54, 1.807) is 0 Å². The topological polar surface area (TPSA) is 19.0 Å². The van der Waals surface area contributed by atoms with Gasteiger partial charge in [-0.3, -0.25) is 4.90 Å². The van der Waals surface area contributed by atoms with E-state index in [1.165, 1.54) is 65.0 Å². The van der Waals surface area contributed by atoms with E-state index >= 15 is 0 Å². The molecule has 0 saturated carbocycles. The van der Waals surface area contributed by atoms with Gasteiger partial charge >= 0.3 is 0 Å². The minimum Gasteiger partial charge on any atom is -0.372 e. The molecule has 0 amide bonds. The largest absolute Gasteiger partial charge is 0.372 e. The van der Waals surface area contributed by atoms with Crippen LogP contribution >= 0.6 is 0 Å². The van der Waals surface area contributed by atoms with E-state index in [-0.39, 0.29) is 5.60 Å². The maximum Gasteiger partial charge on any atom is 0.0833 e. The molecule has 3 aliphatic rings. The van der Waals surface area contributed by atoms with Crippen molar-refractivity contribution in [3.05, 3.63) is 0 Å². The van der Waals surface area contributed by atoms with Crippen LogP contribution in [0.3, 0.4) is 0 Å². The molecular formula is C20H39N3O. The molecule has 0 N–H and O–H groups in total. The van der Waals surface area contributed by atoms with Crippen molar-refractivity contribution in [1.29, 1.82) is 0 Å². The smallest absolute Gasteiger partial charge is 0.0833 e. The van der Waals surface area contributed by atoms with Gasteiger partial charge in [-0.1, -0.05) is 0 Å². The highest BCUT2D eigenvalue weighted by Gasteiger charge is 2.40. The number of rotatable bonds is 4. The number of hydrogen-bond donors (Lipinski definition) is 0. The Labute approximate surface area is 149 Å². The average molecular weight is 338 g/mol. The summed E-state index contributed by atoms with van der Waals surface area (Å²) in [5.74, 6) is 0.894. The third-order valence-corrected chi connectivity index (χ3v) is 6.66. The molecule has 0 bridgehead atoms. The quantitative estimate of drug-likeness (QED) is 0.785. The van der Waals surface area contributed by atoms with E-state index in [4.69, 9.17) is 4.74 Å². The molecule has 140 valence electrons. The van der Waals surface area contributed by atoms with E-state index < -0.39 is 0 Å². The van der Waals surface area contributed by atoms with Crippen molar-refractivity contribution < 1.29 is 4.74 Å². The van der Waals surface area contributed by atoms with Crippen LogP contribution in [0.15, 0.2) is 0 Å². The van der Waals surface area contributed by atoms with Gasteiger partial charge in [0.2, 0.25) is 0 Å². The number of likely N-dealkylation sites (tertiary alicyclic amines) is 2. The molecule has 1 spiro atoms. The number of ether oxygens (including phenoxy) is 1. The lowest BCUT2D eigenvalue weighted by Gasteiger charge is -2.49. The fourth-order valence-electron chi connectivity index (χ4n) is 4.85. The summed E-state index contributed by atoms with van der Waals surface area (Å²) in [5, 5.41) is 0. The monoisotopic (exact) mass is 337 g/mol. The average Bonchev–Trinajstić information content (AvgIpc) is 2.56. The Hall–Kier alpha value is -0.160. The van der Waals surface area contributed by atoms with E-state index in [0.29, 0.717) is 12.1 Å². The van der Waals surface area contributed by atoms with Gasteiger partial charge in [0.05, 0.1) is 12.2 Å². The normalized spacial score (nSPS) is 28.2. The van der Waals surface area contributed by atoms with Gasteiger partial charge in [-0.25, -0.2) is 0 Å². The second-order valence-corrected chi connectivity index (χ2v) is 8.97. The predicted octanol–water partition coefficient (Wildman–Crippen LogP) is 2.68. The van der Waals surface area contributed by atoms with Gasteiger partial charge in [0.1, 0.15) is 0 Å². The molecule has 0 unspecified atom stereocenters. The number of nitrogens with zero attached hydrogens (tertiary/aromatic N) is 3. The molecule has 0 aliphatic carbocycles. The minimum atomic E-state index is 0.155. The number of morpholine rings is 1. The summed E-state index contributed by atoms with van der Waals surface area (Å²) < 4.78 is 6.33. The van der Waals surface area contributed by atoms with Gasteiger partial charge in [-0.15, -0.1) is 0 Å². The highest BCUT2D eigenvalue weighted by molar-refractivity contribution is 4.94. The lowest BCUT2D eigenvalue weighted by Crippen LogP contribution is -2.58. The number of hydrogen-bond acceptors (Lipinski definition) is 4. The molecule has 3 heterocycles. The number of piperidine rings is 2. The van der Waals surface area contributed by atoms with Crippen LogP contribution in [0.4, 0.5) is 0 Å². The summed E-state index contributed by atoms with van der Waals surface area (Å²) in [7, 11) is 0. The molecule has 3 rings (SSSR count). The SMILES string of the molecule is CC(C)N1CCC(CN2CCOC3(CCN(C(C)C)CC3)C2)CC1. The summed E-state index contributed by atoms with van der Waals surface area (Å²) in [4.78, 5) is 7.97. The second kappa shape index (κ2) is 8.03. The lowest BCUT2D eigenvalue weighted by atomic mass is 9.87. The minimum absolute atomic E-state index is 0.155. The Bertz CT molecular complexity index is 382. The van der Waals surface area contributed by atoms with Crippen LogP contribution in [0.5, 0.6) is 0 Å². The Morgan fingerprint density at radius 1 is 0.875 bits per heavy atom. The molecule has 0 radical (unpaired) electrons. The van der Waals surface area contributed by atoms with Crippen LogP contribution in [0.1, 0.15) is 53.4 Å². The van der Waals surface area contributed by atoms with Gasteiger partial charge in [0, 0.05) is 44.8 Å². The van der Waals surface area contributed by atoms with Gasteiger partial charge < -0.3 is 14.5 Å². The van der Waals surface area contributed by atoms with Crippen LogP contribution < -0.4 is 0 Å². The molecule has 0 atom stereocenters. The van der Waals surface area contributed by atoms with Crippen molar-refractivity contribution in [3.8, 4) is 0 Å². The molecular weight excluding hydrogens is 298 g/mol. The van der Waals surface area contributed by atoms with Crippen LogP contribution in [-0.4, -0.2) is 84.8 Å². The van der Waals surface area contributed by atoms with Crippen molar-refractivity contribution in [1.82, 2.24) is 14.7 Å². The second-order valence-electron chi connectivity index (χ2n) is 8.97. The Morgan fingerprint density at radius 3 is 2.04 bits per heavy atom. The summed E-state index contributed by atoms with van der Waals surface area (Å²) in [6.45, 7) is 18.8. The maximum absolute atomic E-state index is 6.33. The summed E-state index contributed by atoms with van der Waals surface area (Å²) >= 11 is 0. The van der Waals surface area contributed by atoms with Gasteiger partial charge in [0.25, 0.3) is 0 Å². The first-order chi connectivity index (χ1) is 11.5. The van der Waals surface area contributed by atoms with Gasteiger partial charge in [-0.2, -0.15) is 0 Å². The third-order valence-electron chi connectivity index (χ3n) is 6.66. The van der Waals surface area contributed by atoms with Crippen molar-refractivity contribution >= 4 is 0 Å². The summed E-state index contributed by atoms with van der Waals surface area (Å²) in [6, 6.07) is 1.39. The summed E-state index contributed by atoms with van der Waals surface area (Å²) in [5.41, 5.74) is 0.155. The first-order valence-corrected chi connectivity index (χ1v) is 10.3. The maximum atomic E-state index is 6.33. The van der Waals surface area contributed by atoms with E-state index in [1.807, 2.05) is 0 Å². The zero-order valence-corrected chi connectivity index (χ0v) is 16.5. The van der Waals surface area contributed by atoms with Crippen LogP contribution in [0.2, 0.25) is 0 Å². The zero-order valence-electron chi connectivity index (χ0n) is 16.5.